The van der Waals surface area contributed by atoms with Gasteiger partial charge in [-0.25, -0.2) is 0 Å². The zero-order valence-electron chi connectivity index (χ0n) is 10.1. The van der Waals surface area contributed by atoms with Crippen molar-refractivity contribution >= 4 is 11.6 Å². The lowest BCUT2D eigenvalue weighted by Gasteiger charge is -2.36. The highest BCUT2D eigenvalue weighted by Gasteiger charge is 2.32. The van der Waals surface area contributed by atoms with E-state index in [0.717, 1.165) is 18.9 Å². The van der Waals surface area contributed by atoms with Crippen LogP contribution in [0.4, 0.5) is 0 Å². The molecule has 0 rings (SSSR count). The monoisotopic (exact) mass is 220 g/mol. The maximum atomic E-state index is 6.14. The second kappa shape index (κ2) is 7.53. The Morgan fingerprint density at radius 1 is 1.36 bits per heavy atom. The Balaban J connectivity index is 4.33. The van der Waals surface area contributed by atoms with Crippen LogP contribution in [0.15, 0.2) is 0 Å². The van der Waals surface area contributed by atoms with Gasteiger partial charge in [-0.05, 0) is 24.2 Å². The van der Waals surface area contributed by atoms with Gasteiger partial charge in [-0.1, -0.05) is 33.6 Å². The van der Waals surface area contributed by atoms with E-state index in [1.807, 2.05) is 0 Å². The van der Waals surface area contributed by atoms with Gasteiger partial charge in [-0.3, -0.25) is 0 Å². The molecule has 0 N–H and O–H groups in total. The molecular weight excluding hydrogens is 196 g/mol. The fraction of sp³-hybridized carbons (Fsp3) is 1.00. The Labute approximate surface area is 94.2 Å². The van der Waals surface area contributed by atoms with E-state index in [4.69, 9.17) is 16.3 Å². The summed E-state index contributed by atoms with van der Waals surface area (Å²) >= 11 is 6.14. The molecule has 0 aromatic heterocycles. The SMILES string of the molecule is CCCCC(CC)(CCl)C(C)COC. The highest BCUT2D eigenvalue weighted by atomic mass is 35.5. The molecule has 0 aliphatic heterocycles. The van der Waals surface area contributed by atoms with Crippen molar-refractivity contribution in [2.75, 3.05) is 19.6 Å². The predicted molar refractivity (Wildman–Crippen MR) is 64.0 cm³/mol. The Morgan fingerprint density at radius 3 is 2.36 bits per heavy atom. The molecule has 0 amide bonds. The summed E-state index contributed by atoms with van der Waals surface area (Å²) < 4.78 is 5.23. The lowest BCUT2D eigenvalue weighted by molar-refractivity contribution is 0.0726. The largest absolute Gasteiger partial charge is 0.384 e. The van der Waals surface area contributed by atoms with Gasteiger partial charge in [0, 0.05) is 19.6 Å². The molecule has 1 nitrogen and oxygen atoms in total. The summed E-state index contributed by atoms with van der Waals surface area (Å²) in [5, 5.41) is 0. The van der Waals surface area contributed by atoms with E-state index in [2.05, 4.69) is 20.8 Å². The Kier molecular flexibility index (Phi) is 7.66. The first-order valence-electron chi connectivity index (χ1n) is 5.71. The van der Waals surface area contributed by atoms with Crippen molar-refractivity contribution in [1.82, 2.24) is 0 Å². The summed E-state index contributed by atoms with van der Waals surface area (Å²) in [4.78, 5) is 0. The molecule has 0 aliphatic carbocycles. The van der Waals surface area contributed by atoms with E-state index in [9.17, 15) is 0 Å². The first kappa shape index (κ1) is 14.2. The van der Waals surface area contributed by atoms with E-state index < -0.39 is 0 Å². The van der Waals surface area contributed by atoms with E-state index in [1.54, 1.807) is 7.11 Å². The molecule has 0 bridgehead atoms. The topological polar surface area (TPSA) is 9.23 Å². The van der Waals surface area contributed by atoms with E-state index in [-0.39, 0.29) is 5.41 Å². The number of halogens is 1. The summed E-state index contributed by atoms with van der Waals surface area (Å²) in [6.07, 6.45) is 4.90. The first-order chi connectivity index (χ1) is 6.66. The second-order valence-electron chi connectivity index (χ2n) is 4.31. The van der Waals surface area contributed by atoms with Gasteiger partial charge in [-0.15, -0.1) is 11.6 Å². The van der Waals surface area contributed by atoms with Gasteiger partial charge in [0.15, 0.2) is 0 Å². The number of methoxy groups -OCH3 is 1. The molecule has 0 saturated heterocycles. The van der Waals surface area contributed by atoms with Crippen LogP contribution in [0.5, 0.6) is 0 Å². The number of unbranched alkanes of at least 4 members (excludes halogenated alkanes) is 1. The highest BCUT2D eigenvalue weighted by molar-refractivity contribution is 6.18. The van der Waals surface area contributed by atoms with Crippen molar-refractivity contribution in [2.45, 2.75) is 46.5 Å². The van der Waals surface area contributed by atoms with Crippen LogP contribution in [-0.2, 0) is 4.74 Å². The van der Waals surface area contributed by atoms with Crippen LogP contribution in [0.25, 0.3) is 0 Å². The molecule has 0 saturated carbocycles. The quantitative estimate of drug-likeness (QED) is 0.560. The average Bonchev–Trinajstić information content (AvgIpc) is 2.21. The number of ether oxygens (including phenoxy) is 1. The zero-order chi connectivity index (χ0) is 11.0. The van der Waals surface area contributed by atoms with E-state index >= 15 is 0 Å². The first-order valence-corrected chi connectivity index (χ1v) is 6.25. The lowest BCUT2D eigenvalue weighted by atomic mass is 9.72. The van der Waals surface area contributed by atoms with Crippen LogP contribution in [0, 0.1) is 11.3 Å². The van der Waals surface area contributed by atoms with Crippen molar-refractivity contribution in [3.8, 4) is 0 Å². The molecule has 2 unspecified atom stereocenters. The van der Waals surface area contributed by atoms with Crippen molar-refractivity contribution in [3.05, 3.63) is 0 Å². The molecule has 0 aromatic rings. The van der Waals surface area contributed by atoms with Crippen LogP contribution >= 0.6 is 11.6 Å². The summed E-state index contributed by atoms with van der Waals surface area (Å²) in [6, 6.07) is 0. The fourth-order valence-corrected chi connectivity index (χ4v) is 2.61. The average molecular weight is 221 g/mol. The van der Waals surface area contributed by atoms with Gasteiger partial charge in [0.2, 0.25) is 0 Å². The van der Waals surface area contributed by atoms with Crippen LogP contribution < -0.4 is 0 Å². The van der Waals surface area contributed by atoms with Gasteiger partial charge in [0.25, 0.3) is 0 Å². The number of hydrogen-bond acceptors (Lipinski definition) is 1. The number of hydrogen-bond donors (Lipinski definition) is 0. The highest BCUT2D eigenvalue weighted by Crippen LogP contribution is 2.38. The third-order valence-corrected chi connectivity index (χ3v) is 3.99. The van der Waals surface area contributed by atoms with Gasteiger partial charge in [0.1, 0.15) is 0 Å². The van der Waals surface area contributed by atoms with Crippen LogP contribution in [0.1, 0.15) is 46.5 Å². The Hall–Kier alpha value is 0.250. The van der Waals surface area contributed by atoms with Crippen LogP contribution in [-0.4, -0.2) is 19.6 Å². The van der Waals surface area contributed by atoms with Crippen LogP contribution in [0.3, 0.4) is 0 Å². The Morgan fingerprint density at radius 2 is 2.00 bits per heavy atom. The van der Waals surface area contributed by atoms with Gasteiger partial charge in [-0.2, -0.15) is 0 Å². The Bertz CT molecular complexity index is 132. The number of alkyl halides is 1. The fourth-order valence-electron chi connectivity index (χ4n) is 2.02. The molecule has 0 aliphatic rings. The summed E-state index contributed by atoms with van der Waals surface area (Å²) in [6.45, 7) is 7.55. The maximum Gasteiger partial charge on any atom is 0.0493 e. The lowest BCUT2D eigenvalue weighted by Crippen LogP contribution is -2.33. The normalized spacial score (nSPS) is 17.8. The molecule has 0 aromatic carbocycles. The summed E-state index contributed by atoms with van der Waals surface area (Å²) in [7, 11) is 1.77. The molecular formula is C12H25ClO. The molecule has 14 heavy (non-hydrogen) atoms. The molecule has 0 fully saturated rings. The molecule has 86 valence electrons. The van der Waals surface area contributed by atoms with Crippen molar-refractivity contribution in [3.63, 3.8) is 0 Å². The van der Waals surface area contributed by atoms with Crippen molar-refractivity contribution in [2.24, 2.45) is 11.3 Å². The second-order valence-corrected chi connectivity index (χ2v) is 4.58. The van der Waals surface area contributed by atoms with E-state index in [0.29, 0.717) is 5.92 Å². The summed E-state index contributed by atoms with van der Waals surface area (Å²) in [5.74, 6) is 1.31. The molecule has 0 radical (unpaired) electrons. The van der Waals surface area contributed by atoms with E-state index in [1.165, 1.54) is 19.3 Å². The van der Waals surface area contributed by atoms with Gasteiger partial charge >= 0.3 is 0 Å². The minimum Gasteiger partial charge on any atom is -0.384 e. The molecule has 2 atom stereocenters. The zero-order valence-corrected chi connectivity index (χ0v) is 10.9. The van der Waals surface area contributed by atoms with Crippen LogP contribution in [0.2, 0.25) is 0 Å². The third-order valence-electron chi connectivity index (χ3n) is 3.46. The number of rotatable bonds is 8. The third kappa shape index (κ3) is 3.78. The standard InChI is InChI=1S/C12H25ClO/c1-5-7-8-12(6-2,10-13)11(3)9-14-4/h11H,5-10H2,1-4H3. The predicted octanol–water partition coefficient (Wildman–Crippen LogP) is 4.09. The maximum absolute atomic E-state index is 6.14. The van der Waals surface area contributed by atoms with Gasteiger partial charge < -0.3 is 4.74 Å². The smallest absolute Gasteiger partial charge is 0.0493 e. The molecule has 0 heterocycles. The minimum absolute atomic E-state index is 0.285. The minimum atomic E-state index is 0.285. The van der Waals surface area contributed by atoms with Crippen molar-refractivity contribution in [1.29, 1.82) is 0 Å². The summed E-state index contributed by atoms with van der Waals surface area (Å²) in [5.41, 5.74) is 0.285. The van der Waals surface area contributed by atoms with Gasteiger partial charge in [0.05, 0.1) is 0 Å². The molecule has 2 heteroatoms. The molecule has 0 spiro atoms. The van der Waals surface area contributed by atoms with Crippen molar-refractivity contribution < 1.29 is 4.74 Å².